The third-order valence-electron chi connectivity index (χ3n) is 6.58. The van der Waals surface area contributed by atoms with Crippen LogP contribution in [0.15, 0.2) is 48.5 Å². The van der Waals surface area contributed by atoms with Crippen molar-refractivity contribution < 1.29 is 32.3 Å². The number of carbonyl (C=O) groups excluding carboxylic acids is 4. The van der Waals surface area contributed by atoms with Gasteiger partial charge in [-0.3, -0.25) is 24.1 Å². The van der Waals surface area contributed by atoms with E-state index in [1.165, 1.54) is 19.1 Å². The molecule has 0 bridgehead atoms. The van der Waals surface area contributed by atoms with Crippen LogP contribution in [-0.2, 0) is 9.59 Å². The molecule has 1 saturated heterocycles. The van der Waals surface area contributed by atoms with Crippen LogP contribution < -0.4 is 5.32 Å². The second-order valence-corrected chi connectivity index (χ2v) is 9.32. The lowest BCUT2D eigenvalue weighted by Gasteiger charge is -2.38. The first-order valence-electron chi connectivity index (χ1n) is 11.3. The van der Waals surface area contributed by atoms with Gasteiger partial charge in [-0.15, -0.1) is 0 Å². The molecule has 0 aromatic heterocycles. The molecule has 2 aliphatic heterocycles. The minimum atomic E-state index is -4.85. The SMILES string of the molecule is CC(=O)NC([C@H]1CC[C@@H](c2cccc(Cl)c2)N1C(=O)[C@@H](C)N1C(=O)c2ccccc2C1=O)C(F)(F)F. The van der Waals surface area contributed by atoms with Crippen molar-refractivity contribution in [1.82, 2.24) is 15.1 Å². The van der Waals surface area contributed by atoms with Crippen molar-refractivity contribution in [3.05, 3.63) is 70.2 Å². The van der Waals surface area contributed by atoms with Crippen molar-refractivity contribution >= 4 is 35.2 Å². The van der Waals surface area contributed by atoms with Crippen molar-refractivity contribution in [3.8, 4) is 0 Å². The molecule has 190 valence electrons. The maximum absolute atomic E-state index is 14.1. The van der Waals surface area contributed by atoms with Gasteiger partial charge in [0, 0.05) is 11.9 Å². The van der Waals surface area contributed by atoms with Crippen LogP contribution >= 0.6 is 11.6 Å². The Morgan fingerprint density at radius 1 is 1.03 bits per heavy atom. The lowest BCUT2D eigenvalue weighted by Crippen LogP contribution is -2.60. The summed E-state index contributed by atoms with van der Waals surface area (Å²) >= 11 is 6.11. The fourth-order valence-corrected chi connectivity index (χ4v) is 5.22. The number of likely N-dealkylation sites (tertiary alicyclic amines) is 1. The maximum Gasteiger partial charge on any atom is 0.410 e. The summed E-state index contributed by atoms with van der Waals surface area (Å²) in [6.45, 7) is 2.28. The number of hydrogen-bond acceptors (Lipinski definition) is 4. The number of hydrogen-bond donors (Lipinski definition) is 1. The summed E-state index contributed by atoms with van der Waals surface area (Å²) in [5.41, 5.74) is 0.757. The van der Waals surface area contributed by atoms with E-state index in [1.54, 1.807) is 36.4 Å². The molecule has 36 heavy (non-hydrogen) atoms. The van der Waals surface area contributed by atoms with E-state index in [2.05, 4.69) is 0 Å². The third-order valence-corrected chi connectivity index (χ3v) is 6.82. The summed E-state index contributed by atoms with van der Waals surface area (Å²) in [5, 5.41) is 2.28. The average Bonchev–Trinajstić information content (AvgIpc) is 3.35. The number of nitrogens with one attached hydrogen (secondary N) is 1. The molecule has 0 aliphatic carbocycles. The lowest BCUT2D eigenvalue weighted by atomic mass is 10.0. The van der Waals surface area contributed by atoms with E-state index in [1.807, 2.05) is 5.32 Å². The second-order valence-electron chi connectivity index (χ2n) is 8.88. The summed E-state index contributed by atoms with van der Waals surface area (Å²) in [6.07, 6.45) is -4.75. The summed E-state index contributed by atoms with van der Waals surface area (Å²) in [7, 11) is 0. The van der Waals surface area contributed by atoms with E-state index in [0.717, 1.165) is 16.7 Å². The fraction of sp³-hybridized carbons (Fsp3) is 0.360. The normalized spacial score (nSPS) is 21.4. The summed E-state index contributed by atoms with van der Waals surface area (Å²) in [6, 6.07) is 6.50. The standard InChI is InChI=1S/C25H23ClF3N3O4/c1-13(31-23(35)17-8-3-4-9-18(17)24(31)36)22(34)32-19(15-6-5-7-16(26)12-15)10-11-20(32)21(25(27,28)29)30-14(2)33/h3-9,12-13,19-21H,10-11H2,1-2H3,(H,30,33)/t13-,19+,20-,21?/m1/s1. The fourth-order valence-electron chi connectivity index (χ4n) is 5.02. The van der Waals surface area contributed by atoms with Gasteiger partial charge in [0.05, 0.1) is 23.2 Å². The number of carbonyl (C=O) groups is 4. The summed E-state index contributed by atoms with van der Waals surface area (Å²) < 4.78 is 42.2. The van der Waals surface area contributed by atoms with Crippen LogP contribution in [0.4, 0.5) is 13.2 Å². The van der Waals surface area contributed by atoms with Gasteiger partial charge in [0.1, 0.15) is 12.1 Å². The van der Waals surface area contributed by atoms with Crippen molar-refractivity contribution in [3.63, 3.8) is 0 Å². The quantitative estimate of drug-likeness (QED) is 0.600. The zero-order valence-corrected chi connectivity index (χ0v) is 20.1. The highest BCUT2D eigenvalue weighted by atomic mass is 35.5. The molecule has 1 N–H and O–H groups in total. The number of fused-ring (bicyclic) bond motifs is 1. The molecule has 0 saturated carbocycles. The van der Waals surface area contributed by atoms with E-state index in [9.17, 15) is 32.3 Å². The molecule has 2 heterocycles. The van der Waals surface area contributed by atoms with Crippen LogP contribution in [-0.4, -0.2) is 57.7 Å². The van der Waals surface area contributed by atoms with Gasteiger partial charge in [0.15, 0.2) is 0 Å². The van der Waals surface area contributed by atoms with Crippen molar-refractivity contribution in [2.24, 2.45) is 0 Å². The summed E-state index contributed by atoms with van der Waals surface area (Å²) in [5.74, 6) is -3.12. The number of halogens is 4. The van der Waals surface area contributed by atoms with Crippen molar-refractivity contribution in [2.45, 2.75) is 57.0 Å². The Hall–Kier alpha value is -3.40. The first kappa shape index (κ1) is 25.7. The summed E-state index contributed by atoms with van der Waals surface area (Å²) in [4.78, 5) is 53.2. The Labute approximate surface area is 210 Å². The molecule has 0 radical (unpaired) electrons. The molecule has 2 aromatic rings. The number of alkyl halides is 3. The topological polar surface area (TPSA) is 86.8 Å². The van der Waals surface area contributed by atoms with Gasteiger partial charge in [-0.05, 0) is 49.6 Å². The van der Waals surface area contributed by atoms with Gasteiger partial charge >= 0.3 is 6.18 Å². The Balaban J connectivity index is 1.74. The zero-order chi connectivity index (χ0) is 26.4. The minimum absolute atomic E-state index is 0.0672. The zero-order valence-electron chi connectivity index (χ0n) is 19.4. The van der Waals surface area contributed by atoms with E-state index in [-0.39, 0.29) is 24.0 Å². The van der Waals surface area contributed by atoms with Gasteiger partial charge < -0.3 is 10.2 Å². The van der Waals surface area contributed by atoms with Crippen LogP contribution in [0.2, 0.25) is 5.02 Å². The Morgan fingerprint density at radius 2 is 1.64 bits per heavy atom. The van der Waals surface area contributed by atoms with Crippen molar-refractivity contribution in [1.29, 1.82) is 0 Å². The number of benzene rings is 2. The van der Waals surface area contributed by atoms with Crippen LogP contribution in [0.3, 0.4) is 0 Å². The number of imide groups is 1. The second kappa shape index (κ2) is 9.57. The number of amides is 4. The molecule has 2 aromatic carbocycles. The monoisotopic (exact) mass is 521 g/mol. The maximum atomic E-state index is 14.1. The molecular formula is C25H23ClF3N3O4. The first-order valence-corrected chi connectivity index (χ1v) is 11.7. The molecular weight excluding hydrogens is 499 g/mol. The molecule has 4 rings (SSSR count). The van der Waals surface area contributed by atoms with E-state index >= 15 is 0 Å². The molecule has 7 nitrogen and oxygen atoms in total. The first-order chi connectivity index (χ1) is 16.9. The largest absolute Gasteiger partial charge is 0.410 e. The third kappa shape index (κ3) is 4.57. The van der Waals surface area contributed by atoms with Crippen molar-refractivity contribution in [2.75, 3.05) is 0 Å². The Bertz CT molecular complexity index is 1200. The van der Waals surface area contributed by atoms with Gasteiger partial charge in [0.25, 0.3) is 11.8 Å². The average molecular weight is 522 g/mol. The molecule has 4 amide bonds. The molecule has 1 fully saturated rings. The molecule has 11 heteroatoms. The lowest BCUT2D eigenvalue weighted by molar-refractivity contribution is -0.176. The van der Waals surface area contributed by atoms with Crippen LogP contribution in [0.1, 0.15) is 59.0 Å². The Kier molecular flexibility index (Phi) is 6.83. The highest BCUT2D eigenvalue weighted by Crippen LogP contribution is 2.42. The molecule has 1 unspecified atom stereocenters. The number of rotatable bonds is 5. The highest BCUT2D eigenvalue weighted by Gasteiger charge is 2.54. The smallest absolute Gasteiger partial charge is 0.343 e. The van der Waals surface area contributed by atoms with Gasteiger partial charge in [-0.1, -0.05) is 35.9 Å². The molecule has 4 atom stereocenters. The van der Waals surface area contributed by atoms with Gasteiger partial charge in [0.2, 0.25) is 11.8 Å². The van der Waals surface area contributed by atoms with Gasteiger partial charge in [-0.2, -0.15) is 13.2 Å². The van der Waals surface area contributed by atoms with Crippen LogP contribution in [0.5, 0.6) is 0 Å². The van der Waals surface area contributed by atoms with Gasteiger partial charge in [-0.25, -0.2) is 0 Å². The molecule has 2 aliphatic rings. The predicted octanol–water partition coefficient (Wildman–Crippen LogP) is 4.12. The van der Waals surface area contributed by atoms with E-state index in [4.69, 9.17) is 11.6 Å². The highest BCUT2D eigenvalue weighted by molar-refractivity contribution is 6.30. The number of nitrogens with zero attached hydrogens (tertiary/aromatic N) is 2. The van der Waals surface area contributed by atoms with Crippen LogP contribution in [0, 0.1) is 0 Å². The van der Waals surface area contributed by atoms with E-state index < -0.39 is 54.0 Å². The Morgan fingerprint density at radius 3 is 2.17 bits per heavy atom. The van der Waals surface area contributed by atoms with E-state index in [0.29, 0.717) is 10.6 Å². The predicted molar refractivity (Wildman–Crippen MR) is 124 cm³/mol. The minimum Gasteiger partial charge on any atom is -0.343 e. The molecule has 0 spiro atoms. The van der Waals surface area contributed by atoms with Crippen LogP contribution in [0.25, 0.3) is 0 Å².